The smallest absolute Gasteiger partial charge is 0.164 e. The summed E-state index contributed by atoms with van der Waals surface area (Å²) in [5, 5.41) is 0. The molecular formula is C21H16BrN3. The highest BCUT2D eigenvalue weighted by Gasteiger charge is 2.19. The SMILES string of the molecule is BrC1CC=CC=C1c1nc(-c2ccccc2)nc(-c2ccccc2)n1. The first-order valence-corrected chi connectivity index (χ1v) is 9.11. The highest BCUT2D eigenvalue weighted by Crippen LogP contribution is 2.30. The van der Waals surface area contributed by atoms with Crippen molar-refractivity contribution >= 4 is 21.5 Å². The number of hydrogen-bond donors (Lipinski definition) is 0. The van der Waals surface area contributed by atoms with Crippen LogP contribution in [-0.4, -0.2) is 19.8 Å². The number of benzene rings is 2. The van der Waals surface area contributed by atoms with E-state index in [1.807, 2.05) is 60.7 Å². The summed E-state index contributed by atoms with van der Waals surface area (Å²) in [5.74, 6) is 2.11. The number of halogens is 1. The second-order valence-corrected chi connectivity index (χ2v) is 6.90. The van der Waals surface area contributed by atoms with Gasteiger partial charge in [-0.2, -0.15) is 0 Å². The molecule has 0 spiro atoms. The molecule has 4 heteroatoms. The average molecular weight is 390 g/mol. The van der Waals surface area contributed by atoms with Crippen molar-refractivity contribution in [3.8, 4) is 22.8 Å². The van der Waals surface area contributed by atoms with E-state index < -0.39 is 0 Å². The third-order valence-electron chi connectivity index (χ3n) is 4.05. The van der Waals surface area contributed by atoms with E-state index >= 15 is 0 Å². The van der Waals surface area contributed by atoms with Gasteiger partial charge in [0.2, 0.25) is 0 Å². The summed E-state index contributed by atoms with van der Waals surface area (Å²) in [6, 6.07) is 20.1. The van der Waals surface area contributed by atoms with Crippen LogP contribution in [0.3, 0.4) is 0 Å². The van der Waals surface area contributed by atoms with Crippen LogP contribution in [0.2, 0.25) is 0 Å². The Hall–Kier alpha value is -2.59. The molecular weight excluding hydrogens is 374 g/mol. The number of rotatable bonds is 3. The van der Waals surface area contributed by atoms with Gasteiger partial charge in [0.1, 0.15) is 0 Å². The van der Waals surface area contributed by atoms with Crippen LogP contribution >= 0.6 is 15.9 Å². The second-order valence-electron chi connectivity index (χ2n) is 5.79. The monoisotopic (exact) mass is 389 g/mol. The van der Waals surface area contributed by atoms with Gasteiger partial charge in [0.05, 0.1) is 0 Å². The van der Waals surface area contributed by atoms with Gasteiger partial charge in [-0.05, 0) is 6.42 Å². The van der Waals surface area contributed by atoms with Crippen molar-refractivity contribution in [2.45, 2.75) is 11.2 Å². The van der Waals surface area contributed by atoms with E-state index in [1.165, 1.54) is 0 Å². The summed E-state index contributed by atoms with van der Waals surface area (Å²) in [6.45, 7) is 0. The minimum atomic E-state index is 0.215. The zero-order chi connectivity index (χ0) is 17.1. The molecule has 122 valence electrons. The normalized spacial score (nSPS) is 16.5. The first kappa shape index (κ1) is 15.9. The molecule has 0 saturated heterocycles. The highest BCUT2D eigenvalue weighted by molar-refractivity contribution is 9.09. The number of aromatic nitrogens is 3. The molecule has 1 atom stereocenters. The summed E-state index contributed by atoms with van der Waals surface area (Å²) >= 11 is 3.73. The van der Waals surface area contributed by atoms with E-state index in [4.69, 9.17) is 15.0 Å². The number of allylic oxidation sites excluding steroid dienone is 4. The van der Waals surface area contributed by atoms with Crippen LogP contribution in [0.25, 0.3) is 28.3 Å². The molecule has 0 bridgehead atoms. The standard InChI is InChI=1S/C21H16BrN3/c22-18-14-8-7-13-17(18)21-24-19(15-9-3-1-4-10-15)23-20(25-21)16-11-5-2-6-12-16/h1-13,18H,14H2. The molecule has 1 aromatic heterocycles. The summed E-state index contributed by atoms with van der Waals surface area (Å²) < 4.78 is 0. The van der Waals surface area contributed by atoms with Crippen molar-refractivity contribution in [3.63, 3.8) is 0 Å². The lowest BCUT2D eigenvalue weighted by atomic mass is 10.0. The maximum absolute atomic E-state index is 4.75. The van der Waals surface area contributed by atoms with Crippen molar-refractivity contribution < 1.29 is 0 Å². The third-order valence-corrected chi connectivity index (χ3v) is 4.92. The number of nitrogens with zero attached hydrogens (tertiary/aromatic N) is 3. The molecule has 0 saturated carbocycles. The van der Waals surface area contributed by atoms with Crippen molar-refractivity contribution in [1.82, 2.24) is 15.0 Å². The van der Waals surface area contributed by atoms with Crippen molar-refractivity contribution in [3.05, 3.63) is 84.7 Å². The number of hydrogen-bond acceptors (Lipinski definition) is 3. The molecule has 0 radical (unpaired) electrons. The lowest BCUT2D eigenvalue weighted by Gasteiger charge is -2.16. The van der Waals surface area contributed by atoms with Gasteiger partial charge in [-0.1, -0.05) is 94.8 Å². The van der Waals surface area contributed by atoms with Crippen LogP contribution in [0.15, 0.2) is 78.9 Å². The van der Waals surface area contributed by atoms with Crippen LogP contribution in [0, 0.1) is 0 Å². The Kier molecular flexibility index (Phi) is 4.53. The Morgan fingerprint density at radius 2 is 1.24 bits per heavy atom. The van der Waals surface area contributed by atoms with Crippen LogP contribution in [0.4, 0.5) is 0 Å². The Morgan fingerprint density at radius 1 is 0.720 bits per heavy atom. The van der Waals surface area contributed by atoms with E-state index in [2.05, 4.69) is 34.2 Å². The van der Waals surface area contributed by atoms with E-state index in [9.17, 15) is 0 Å². The molecule has 3 nitrogen and oxygen atoms in total. The molecule has 1 aliphatic carbocycles. The summed E-state index contributed by atoms with van der Waals surface area (Å²) in [4.78, 5) is 14.4. The first-order valence-electron chi connectivity index (χ1n) is 8.19. The van der Waals surface area contributed by atoms with Crippen LogP contribution in [0.5, 0.6) is 0 Å². The van der Waals surface area contributed by atoms with Crippen LogP contribution in [-0.2, 0) is 0 Å². The minimum absolute atomic E-state index is 0.215. The maximum Gasteiger partial charge on any atom is 0.164 e. The van der Waals surface area contributed by atoms with E-state index in [1.54, 1.807) is 0 Å². The van der Waals surface area contributed by atoms with Gasteiger partial charge in [0, 0.05) is 21.5 Å². The Labute approximate surface area is 155 Å². The van der Waals surface area contributed by atoms with Crippen molar-refractivity contribution in [2.75, 3.05) is 0 Å². The molecule has 3 aromatic rings. The van der Waals surface area contributed by atoms with Gasteiger partial charge in [0.15, 0.2) is 17.5 Å². The van der Waals surface area contributed by atoms with Crippen molar-refractivity contribution in [2.24, 2.45) is 0 Å². The Morgan fingerprint density at radius 3 is 1.76 bits per heavy atom. The predicted molar refractivity (Wildman–Crippen MR) is 105 cm³/mol. The van der Waals surface area contributed by atoms with Crippen molar-refractivity contribution in [1.29, 1.82) is 0 Å². The fraction of sp³-hybridized carbons (Fsp3) is 0.0952. The molecule has 4 rings (SSSR count). The molecule has 1 unspecified atom stereocenters. The van der Waals surface area contributed by atoms with Gasteiger partial charge in [-0.25, -0.2) is 15.0 Å². The fourth-order valence-corrected chi connectivity index (χ4v) is 3.33. The van der Waals surface area contributed by atoms with E-state index in [0.717, 1.165) is 28.9 Å². The predicted octanol–water partition coefficient (Wildman–Crippen LogP) is 5.31. The van der Waals surface area contributed by atoms with Gasteiger partial charge >= 0.3 is 0 Å². The van der Waals surface area contributed by atoms with Gasteiger partial charge in [0.25, 0.3) is 0 Å². The molecule has 1 aliphatic rings. The molecule has 0 aliphatic heterocycles. The average Bonchev–Trinajstić information content (AvgIpc) is 2.69. The quantitative estimate of drug-likeness (QED) is 0.569. The maximum atomic E-state index is 4.75. The summed E-state index contributed by atoms with van der Waals surface area (Å²) in [5.41, 5.74) is 3.06. The van der Waals surface area contributed by atoms with Crippen LogP contribution < -0.4 is 0 Å². The largest absolute Gasteiger partial charge is 0.208 e. The first-order chi connectivity index (χ1) is 12.3. The molecule has 2 aromatic carbocycles. The lowest BCUT2D eigenvalue weighted by molar-refractivity contribution is 0.993. The minimum Gasteiger partial charge on any atom is -0.208 e. The third kappa shape index (κ3) is 3.44. The highest BCUT2D eigenvalue weighted by atomic mass is 79.9. The Balaban J connectivity index is 1.89. The zero-order valence-electron chi connectivity index (χ0n) is 13.5. The van der Waals surface area contributed by atoms with E-state index in [-0.39, 0.29) is 4.83 Å². The van der Waals surface area contributed by atoms with Gasteiger partial charge in [-0.3, -0.25) is 0 Å². The molecule has 0 fully saturated rings. The fourth-order valence-electron chi connectivity index (χ4n) is 2.75. The van der Waals surface area contributed by atoms with E-state index in [0.29, 0.717) is 11.6 Å². The van der Waals surface area contributed by atoms with Crippen LogP contribution in [0.1, 0.15) is 12.2 Å². The number of alkyl halides is 1. The summed E-state index contributed by atoms with van der Waals surface area (Å²) in [7, 11) is 0. The lowest BCUT2D eigenvalue weighted by Crippen LogP contribution is -2.09. The molecule has 1 heterocycles. The van der Waals surface area contributed by atoms with Gasteiger partial charge in [-0.15, -0.1) is 0 Å². The second kappa shape index (κ2) is 7.11. The molecule has 0 amide bonds. The van der Waals surface area contributed by atoms with Gasteiger partial charge < -0.3 is 0 Å². The topological polar surface area (TPSA) is 38.7 Å². The molecule has 0 N–H and O–H groups in total. The zero-order valence-corrected chi connectivity index (χ0v) is 15.1. The Bertz CT molecular complexity index is 876. The molecule has 25 heavy (non-hydrogen) atoms. The summed E-state index contributed by atoms with van der Waals surface area (Å²) in [6.07, 6.45) is 7.20.